The van der Waals surface area contributed by atoms with Crippen LogP contribution in [0.4, 0.5) is 5.69 Å². The van der Waals surface area contributed by atoms with Gasteiger partial charge in [-0.3, -0.25) is 24.2 Å². The van der Waals surface area contributed by atoms with E-state index in [9.17, 15) is 24.0 Å². The van der Waals surface area contributed by atoms with Gasteiger partial charge in [0.25, 0.3) is 5.56 Å². The number of H-pyrrole nitrogens is 1. The number of allylic oxidation sites excluding steroid dienone is 2. The molecule has 1 aliphatic heterocycles. The second-order valence-corrected chi connectivity index (χ2v) is 6.17. The minimum Gasteiger partial charge on any atom is -0.274 e. The molecule has 0 spiro atoms. The third kappa shape index (κ3) is 1.68. The van der Waals surface area contributed by atoms with Crippen molar-refractivity contribution in [1.29, 1.82) is 0 Å². The zero-order valence-corrected chi connectivity index (χ0v) is 12.2. The number of anilines is 1. The lowest BCUT2D eigenvalue weighted by atomic mass is 9.85. The van der Waals surface area contributed by atoms with Crippen LogP contribution in [0.1, 0.15) is 18.1 Å². The third-order valence-electron chi connectivity index (χ3n) is 4.97. The zero-order valence-electron chi connectivity index (χ0n) is 12.2. The third-order valence-corrected chi connectivity index (χ3v) is 4.97. The van der Waals surface area contributed by atoms with Crippen molar-refractivity contribution in [3.05, 3.63) is 39.2 Å². The van der Waals surface area contributed by atoms with Gasteiger partial charge >= 0.3 is 5.69 Å². The molecule has 0 aromatic carbocycles. The molecule has 0 radical (unpaired) electrons. The number of imide groups is 1. The van der Waals surface area contributed by atoms with Crippen LogP contribution in [0.3, 0.4) is 0 Å². The maximum absolute atomic E-state index is 12.7. The van der Waals surface area contributed by atoms with Gasteiger partial charge in [-0.1, -0.05) is 12.2 Å². The quantitative estimate of drug-likeness (QED) is 0.555. The van der Waals surface area contributed by atoms with Crippen molar-refractivity contribution in [1.82, 2.24) is 9.55 Å². The second-order valence-electron chi connectivity index (χ2n) is 6.17. The molecule has 8 nitrogen and oxygen atoms in total. The maximum Gasteiger partial charge on any atom is 0.335 e. The fourth-order valence-electron chi connectivity index (χ4n) is 3.99. The van der Waals surface area contributed by atoms with Gasteiger partial charge in [-0.15, -0.1) is 0 Å². The molecule has 23 heavy (non-hydrogen) atoms. The summed E-state index contributed by atoms with van der Waals surface area (Å²) < 4.78 is 0.679. The van der Waals surface area contributed by atoms with E-state index in [1.807, 2.05) is 17.1 Å². The molecule has 2 fully saturated rings. The summed E-state index contributed by atoms with van der Waals surface area (Å²) in [7, 11) is 0. The van der Waals surface area contributed by atoms with Crippen molar-refractivity contribution in [2.75, 3.05) is 4.90 Å². The molecule has 2 aliphatic carbocycles. The summed E-state index contributed by atoms with van der Waals surface area (Å²) in [5.74, 6) is -2.35. The number of aromatic amines is 1. The highest BCUT2D eigenvalue weighted by molar-refractivity contribution is 6.22. The van der Waals surface area contributed by atoms with Crippen LogP contribution in [0.5, 0.6) is 0 Å². The van der Waals surface area contributed by atoms with Gasteiger partial charge in [0.05, 0.1) is 11.8 Å². The normalized spacial score (nSPS) is 31.1. The van der Waals surface area contributed by atoms with E-state index >= 15 is 0 Å². The lowest BCUT2D eigenvalue weighted by molar-refractivity contribution is -0.123. The Morgan fingerprint density at radius 2 is 1.65 bits per heavy atom. The van der Waals surface area contributed by atoms with E-state index in [0.717, 1.165) is 24.4 Å². The van der Waals surface area contributed by atoms with Gasteiger partial charge in [-0.25, -0.2) is 14.3 Å². The summed E-state index contributed by atoms with van der Waals surface area (Å²) in [6.07, 6.45) is 5.64. The number of nitrogens with zero attached hydrogens (tertiary/aromatic N) is 2. The van der Waals surface area contributed by atoms with Gasteiger partial charge in [-0.05, 0) is 18.3 Å². The highest BCUT2D eigenvalue weighted by Gasteiger charge is 2.60. The van der Waals surface area contributed by atoms with Crippen molar-refractivity contribution in [2.45, 2.75) is 13.3 Å². The molecule has 4 atom stereocenters. The average Bonchev–Trinajstić information content (AvgIpc) is 3.14. The predicted octanol–water partition coefficient (Wildman–Crippen LogP) is -0.492. The number of rotatable bonds is 1. The van der Waals surface area contributed by atoms with E-state index in [4.69, 9.17) is 0 Å². The maximum atomic E-state index is 12.7. The van der Waals surface area contributed by atoms with Gasteiger partial charge < -0.3 is 0 Å². The minimum absolute atomic E-state index is 0.0178. The Labute approximate surface area is 129 Å². The molecule has 1 aromatic rings. The highest BCUT2D eigenvalue weighted by Crippen LogP contribution is 2.52. The predicted molar refractivity (Wildman–Crippen MR) is 77.8 cm³/mol. The van der Waals surface area contributed by atoms with Gasteiger partial charge in [0.2, 0.25) is 17.7 Å². The lowest BCUT2D eigenvalue weighted by Crippen LogP contribution is -2.41. The highest BCUT2D eigenvalue weighted by atomic mass is 16.2. The topological polar surface area (TPSA) is 109 Å². The van der Waals surface area contributed by atoms with E-state index in [-0.39, 0.29) is 17.5 Å². The van der Waals surface area contributed by atoms with Crippen molar-refractivity contribution in [3.8, 4) is 0 Å². The molecule has 2 heterocycles. The number of nitrogens with one attached hydrogen (secondary N) is 1. The monoisotopic (exact) mass is 315 g/mol. The average molecular weight is 315 g/mol. The summed E-state index contributed by atoms with van der Waals surface area (Å²) in [5, 5.41) is 0. The summed E-state index contributed by atoms with van der Waals surface area (Å²) in [4.78, 5) is 63.2. The first kappa shape index (κ1) is 13.9. The molecular weight excluding hydrogens is 302 g/mol. The molecule has 2 amide bonds. The van der Waals surface area contributed by atoms with E-state index in [1.54, 1.807) is 0 Å². The summed E-state index contributed by atoms with van der Waals surface area (Å²) in [6.45, 7) is 1.15. The van der Waals surface area contributed by atoms with Crippen LogP contribution in [0, 0.1) is 23.7 Å². The molecular formula is C15H13N3O5. The van der Waals surface area contributed by atoms with Crippen LogP contribution >= 0.6 is 0 Å². The summed E-state index contributed by atoms with van der Waals surface area (Å²) in [6, 6.07) is 0. The first-order valence-electron chi connectivity index (χ1n) is 7.33. The van der Waals surface area contributed by atoms with E-state index < -0.39 is 40.8 Å². The SMILES string of the molecule is CC(=O)n1cc(N2C(=O)[C@@H]3[C@@H](C2=O)[C@@H]2C=C[C@@H]3C2)c(=O)[nH]c1=O. The molecule has 1 aromatic heterocycles. The molecule has 3 aliphatic rings. The standard InChI is InChI=1S/C15H13N3O5/c1-6(19)17-5-9(12(20)16-15(17)23)18-13(21)10-7-2-3-8(4-7)11(10)14(18)22/h2-3,5,7-8,10-11H,4H2,1H3,(H,16,20,23)/t7-,8-,10+,11+/m1/s1. The summed E-state index contributed by atoms with van der Waals surface area (Å²) in [5.41, 5.74) is -2.02. The smallest absolute Gasteiger partial charge is 0.274 e. The Morgan fingerprint density at radius 1 is 1.09 bits per heavy atom. The Hall–Kier alpha value is -2.77. The molecule has 1 saturated carbocycles. The van der Waals surface area contributed by atoms with Gasteiger partial charge in [0, 0.05) is 13.1 Å². The fraction of sp³-hybridized carbons (Fsp3) is 0.400. The van der Waals surface area contributed by atoms with E-state index in [0.29, 0.717) is 4.57 Å². The van der Waals surface area contributed by atoms with Crippen LogP contribution in [0.25, 0.3) is 0 Å². The number of hydrogen-bond acceptors (Lipinski definition) is 5. The zero-order chi connectivity index (χ0) is 16.5. The molecule has 4 rings (SSSR count). The number of amides is 2. The molecule has 2 bridgehead atoms. The van der Waals surface area contributed by atoms with Crippen molar-refractivity contribution in [3.63, 3.8) is 0 Å². The molecule has 118 valence electrons. The van der Waals surface area contributed by atoms with Crippen LogP contribution < -0.4 is 16.1 Å². The fourth-order valence-corrected chi connectivity index (χ4v) is 3.99. The summed E-state index contributed by atoms with van der Waals surface area (Å²) >= 11 is 0. The lowest BCUT2D eigenvalue weighted by Gasteiger charge is -2.16. The van der Waals surface area contributed by atoms with E-state index in [1.165, 1.54) is 0 Å². The number of aromatic nitrogens is 2. The van der Waals surface area contributed by atoms with Gasteiger partial charge in [0.15, 0.2) is 0 Å². The van der Waals surface area contributed by atoms with Crippen LogP contribution in [0.2, 0.25) is 0 Å². The molecule has 1 N–H and O–H groups in total. The van der Waals surface area contributed by atoms with Crippen molar-refractivity contribution < 1.29 is 14.4 Å². The second kappa shape index (κ2) is 4.37. The molecule has 8 heteroatoms. The number of carbonyl (C=O) groups is 3. The Bertz CT molecular complexity index is 878. The first-order valence-corrected chi connectivity index (χ1v) is 7.33. The Morgan fingerprint density at radius 3 is 2.17 bits per heavy atom. The molecule has 1 saturated heterocycles. The van der Waals surface area contributed by atoms with Gasteiger partial charge in [-0.2, -0.15) is 0 Å². The first-order chi connectivity index (χ1) is 10.9. The number of fused-ring (bicyclic) bond motifs is 5. The molecule has 0 unspecified atom stereocenters. The van der Waals surface area contributed by atoms with Crippen LogP contribution in [0.15, 0.2) is 27.9 Å². The van der Waals surface area contributed by atoms with Crippen molar-refractivity contribution in [2.24, 2.45) is 23.7 Å². The Balaban J connectivity index is 1.84. The number of carbonyl (C=O) groups excluding carboxylic acids is 3. The largest absolute Gasteiger partial charge is 0.335 e. The van der Waals surface area contributed by atoms with Crippen molar-refractivity contribution >= 4 is 23.4 Å². The number of hydrogen-bond donors (Lipinski definition) is 1. The van der Waals surface area contributed by atoms with Crippen LogP contribution in [-0.2, 0) is 9.59 Å². The van der Waals surface area contributed by atoms with E-state index in [2.05, 4.69) is 0 Å². The minimum atomic E-state index is -0.896. The Kier molecular flexibility index (Phi) is 2.64. The van der Waals surface area contributed by atoms with Crippen LogP contribution in [-0.4, -0.2) is 27.3 Å². The van der Waals surface area contributed by atoms with Gasteiger partial charge in [0.1, 0.15) is 5.69 Å².